The Balaban J connectivity index is 2.10. The van der Waals surface area contributed by atoms with E-state index in [4.69, 9.17) is 9.47 Å². The van der Waals surface area contributed by atoms with Gasteiger partial charge in [-0.1, -0.05) is 25.8 Å². The molecule has 1 N–H and O–H groups in total. The molecule has 0 heterocycles. The van der Waals surface area contributed by atoms with E-state index in [0.29, 0.717) is 6.42 Å². The molecule has 0 aliphatic heterocycles. The normalized spacial score (nSPS) is 19.2. The average molecular weight is 264 g/mol. The van der Waals surface area contributed by atoms with Gasteiger partial charge in [0.2, 0.25) is 0 Å². The van der Waals surface area contributed by atoms with Crippen LogP contribution in [0.1, 0.15) is 38.2 Å². The minimum Gasteiger partial charge on any atom is -0.493 e. The highest BCUT2D eigenvalue weighted by molar-refractivity contribution is 5.43. The molecule has 1 fully saturated rings. The largest absolute Gasteiger partial charge is 0.493 e. The lowest BCUT2D eigenvalue weighted by Gasteiger charge is -2.30. The minimum absolute atomic E-state index is 0.0766. The zero-order chi connectivity index (χ0) is 13.9. The van der Waals surface area contributed by atoms with Crippen LogP contribution in [0.4, 0.5) is 0 Å². The molecule has 3 heteroatoms. The lowest BCUT2D eigenvalue weighted by atomic mass is 9.80. The van der Waals surface area contributed by atoms with Crippen LogP contribution in [0.2, 0.25) is 0 Å². The van der Waals surface area contributed by atoms with Gasteiger partial charge in [-0.15, -0.1) is 0 Å². The number of aliphatic hydroxyl groups excluding tert-OH is 1. The van der Waals surface area contributed by atoms with Crippen LogP contribution in [-0.4, -0.2) is 25.4 Å². The number of hydrogen-bond acceptors (Lipinski definition) is 3. The third kappa shape index (κ3) is 3.03. The first-order valence-electron chi connectivity index (χ1n) is 6.98. The molecule has 106 valence electrons. The maximum Gasteiger partial charge on any atom is 0.160 e. The topological polar surface area (TPSA) is 38.7 Å². The van der Waals surface area contributed by atoms with Crippen LogP contribution in [0.5, 0.6) is 11.5 Å². The fourth-order valence-corrected chi connectivity index (χ4v) is 2.99. The van der Waals surface area contributed by atoms with Crippen molar-refractivity contribution < 1.29 is 14.6 Å². The summed E-state index contributed by atoms with van der Waals surface area (Å²) in [5, 5.41) is 10.5. The highest BCUT2D eigenvalue weighted by atomic mass is 16.5. The van der Waals surface area contributed by atoms with E-state index in [1.165, 1.54) is 12.8 Å². The van der Waals surface area contributed by atoms with E-state index >= 15 is 0 Å². The summed E-state index contributed by atoms with van der Waals surface area (Å²) in [5.41, 5.74) is 1.17. The fourth-order valence-electron chi connectivity index (χ4n) is 2.99. The fraction of sp³-hybridized carbons (Fsp3) is 0.625. The quantitative estimate of drug-likeness (QED) is 0.887. The molecule has 1 aliphatic rings. The van der Waals surface area contributed by atoms with Gasteiger partial charge in [-0.3, -0.25) is 0 Å². The molecule has 2 rings (SSSR count). The van der Waals surface area contributed by atoms with E-state index in [0.717, 1.165) is 29.9 Å². The second kappa shape index (κ2) is 5.83. The molecule has 0 radical (unpaired) electrons. The van der Waals surface area contributed by atoms with Gasteiger partial charge in [0.25, 0.3) is 0 Å². The Morgan fingerprint density at radius 3 is 2.37 bits per heavy atom. The van der Waals surface area contributed by atoms with Crippen LogP contribution in [0.25, 0.3) is 0 Å². The summed E-state index contributed by atoms with van der Waals surface area (Å²) in [6, 6.07) is 5.86. The molecule has 0 amide bonds. The van der Waals surface area contributed by atoms with Gasteiger partial charge in [-0.25, -0.2) is 0 Å². The monoisotopic (exact) mass is 264 g/mol. The van der Waals surface area contributed by atoms with Crippen LogP contribution in [-0.2, 0) is 6.42 Å². The molecule has 1 aromatic carbocycles. The predicted molar refractivity (Wildman–Crippen MR) is 75.8 cm³/mol. The SMILES string of the molecule is COc1ccc(CC(O)C2(C)CCCC2)cc1OC. The van der Waals surface area contributed by atoms with Crippen LogP contribution >= 0.6 is 0 Å². The van der Waals surface area contributed by atoms with Crippen molar-refractivity contribution in [3.8, 4) is 11.5 Å². The van der Waals surface area contributed by atoms with Crippen molar-refractivity contribution in [2.45, 2.75) is 45.1 Å². The Morgan fingerprint density at radius 2 is 1.79 bits per heavy atom. The molecule has 1 aromatic rings. The molecular formula is C16H24O3. The van der Waals surface area contributed by atoms with E-state index in [-0.39, 0.29) is 11.5 Å². The van der Waals surface area contributed by atoms with Gasteiger partial charge in [0.05, 0.1) is 20.3 Å². The molecule has 19 heavy (non-hydrogen) atoms. The van der Waals surface area contributed by atoms with Crippen LogP contribution in [0, 0.1) is 5.41 Å². The summed E-state index contributed by atoms with van der Waals surface area (Å²) in [5.74, 6) is 1.46. The molecule has 0 bridgehead atoms. The highest BCUT2D eigenvalue weighted by Crippen LogP contribution is 2.41. The number of benzene rings is 1. The lowest BCUT2D eigenvalue weighted by molar-refractivity contribution is 0.0423. The van der Waals surface area contributed by atoms with Crippen molar-refractivity contribution in [2.24, 2.45) is 5.41 Å². The molecule has 1 saturated carbocycles. The molecular weight excluding hydrogens is 240 g/mol. The number of aliphatic hydroxyl groups is 1. The minimum atomic E-state index is -0.284. The first-order chi connectivity index (χ1) is 9.09. The first kappa shape index (κ1) is 14.2. The van der Waals surface area contributed by atoms with Crippen molar-refractivity contribution in [1.29, 1.82) is 0 Å². The number of hydrogen-bond donors (Lipinski definition) is 1. The number of methoxy groups -OCH3 is 2. The third-order valence-electron chi connectivity index (χ3n) is 4.43. The van der Waals surface area contributed by atoms with E-state index in [1.807, 2.05) is 18.2 Å². The smallest absolute Gasteiger partial charge is 0.160 e. The van der Waals surface area contributed by atoms with Gasteiger partial charge in [-0.2, -0.15) is 0 Å². The Hall–Kier alpha value is -1.22. The Labute approximate surface area is 115 Å². The number of ether oxygens (including phenoxy) is 2. The Kier molecular flexibility index (Phi) is 4.35. The predicted octanol–water partition coefficient (Wildman–Crippen LogP) is 3.19. The van der Waals surface area contributed by atoms with Gasteiger partial charge in [-0.05, 0) is 42.4 Å². The lowest BCUT2D eigenvalue weighted by Crippen LogP contribution is -2.31. The van der Waals surface area contributed by atoms with Gasteiger partial charge >= 0.3 is 0 Å². The Bertz CT molecular complexity index is 422. The second-order valence-corrected chi connectivity index (χ2v) is 5.77. The maximum atomic E-state index is 10.5. The summed E-state index contributed by atoms with van der Waals surface area (Å²) >= 11 is 0. The van der Waals surface area contributed by atoms with E-state index in [1.54, 1.807) is 14.2 Å². The van der Waals surface area contributed by atoms with Crippen LogP contribution in [0.15, 0.2) is 18.2 Å². The molecule has 0 spiro atoms. The molecule has 0 aromatic heterocycles. The summed E-state index contributed by atoms with van der Waals surface area (Å²) in [4.78, 5) is 0. The van der Waals surface area contributed by atoms with E-state index < -0.39 is 0 Å². The van der Waals surface area contributed by atoms with Gasteiger partial charge in [0.15, 0.2) is 11.5 Å². The van der Waals surface area contributed by atoms with Gasteiger partial charge < -0.3 is 14.6 Å². The average Bonchev–Trinajstić information content (AvgIpc) is 2.87. The summed E-state index contributed by atoms with van der Waals surface area (Å²) < 4.78 is 10.5. The second-order valence-electron chi connectivity index (χ2n) is 5.77. The van der Waals surface area contributed by atoms with Gasteiger partial charge in [0, 0.05) is 0 Å². The standard InChI is InChI=1S/C16H24O3/c1-16(8-4-5-9-16)15(17)11-12-6-7-13(18-2)14(10-12)19-3/h6-7,10,15,17H,4-5,8-9,11H2,1-3H3. The first-order valence-corrected chi connectivity index (χ1v) is 6.98. The Morgan fingerprint density at radius 1 is 1.16 bits per heavy atom. The van der Waals surface area contributed by atoms with Crippen molar-refractivity contribution in [3.05, 3.63) is 23.8 Å². The zero-order valence-electron chi connectivity index (χ0n) is 12.1. The van der Waals surface area contributed by atoms with Gasteiger partial charge in [0.1, 0.15) is 0 Å². The molecule has 1 unspecified atom stereocenters. The van der Waals surface area contributed by atoms with Crippen LogP contribution in [0.3, 0.4) is 0 Å². The van der Waals surface area contributed by atoms with Crippen molar-refractivity contribution in [3.63, 3.8) is 0 Å². The van der Waals surface area contributed by atoms with Crippen molar-refractivity contribution >= 4 is 0 Å². The van der Waals surface area contributed by atoms with Crippen LogP contribution < -0.4 is 9.47 Å². The maximum absolute atomic E-state index is 10.5. The summed E-state index contributed by atoms with van der Waals surface area (Å²) in [6.07, 6.45) is 5.12. The summed E-state index contributed by atoms with van der Waals surface area (Å²) in [6.45, 7) is 2.20. The number of rotatable bonds is 5. The summed E-state index contributed by atoms with van der Waals surface area (Å²) in [7, 11) is 3.27. The molecule has 0 saturated heterocycles. The molecule has 1 aliphatic carbocycles. The molecule has 1 atom stereocenters. The van der Waals surface area contributed by atoms with E-state index in [9.17, 15) is 5.11 Å². The van der Waals surface area contributed by atoms with Crippen molar-refractivity contribution in [2.75, 3.05) is 14.2 Å². The highest BCUT2D eigenvalue weighted by Gasteiger charge is 2.35. The molecule has 3 nitrogen and oxygen atoms in total. The zero-order valence-corrected chi connectivity index (χ0v) is 12.1. The van der Waals surface area contributed by atoms with Crippen molar-refractivity contribution in [1.82, 2.24) is 0 Å². The third-order valence-corrected chi connectivity index (χ3v) is 4.43. The van der Waals surface area contributed by atoms with E-state index in [2.05, 4.69) is 6.92 Å².